The highest BCUT2D eigenvalue weighted by Crippen LogP contribution is 2.65. The predicted molar refractivity (Wildman–Crippen MR) is 352 cm³/mol. The number of likely N-dealkylation sites (tertiary alicyclic amines) is 1. The summed E-state index contributed by atoms with van der Waals surface area (Å²) in [5, 5.41) is 49.7. The molecule has 24 nitrogen and oxygen atoms in total. The van der Waals surface area contributed by atoms with Crippen LogP contribution in [-0.4, -0.2) is 197 Å². The lowest BCUT2D eigenvalue weighted by Crippen LogP contribution is -2.78. The third kappa shape index (κ3) is 17.5. The number of benzene rings is 2. The van der Waals surface area contributed by atoms with E-state index >= 15 is 0 Å². The van der Waals surface area contributed by atoms with Crippen molar-refractivity contribution in [3.05, 3.63) is 70.8 Å². The summed E-state index contributed by atoms with van der Waals surface area (Å²) in [5.41, 5.74) is 1.05. The second-order valence-electron chi connectivity index (χ2n) is 28.9. The highest BCUT2D eigenvalue weighted by Gasteiger charge is 2.73. The molecule has 3 unspecified atom stereocenters. The molecule has 8 N–H and O–H groups in total. The van der Waals surface area contributed by atoms with Crippen molar-refractivity contribution >= 4 is 41.4 Å². The average Bonchev–Trinajstić information content (AvgIpc) is 1.58. The van der Waals surface area contributed by atoms with E-state index < -0.39 is 78.5 Å². The number of halogens is 2. The highest BCUT2D eigenvalue weighted by molar-refractivity contribution is 5.96. The van der Waals surface area contributed by atoms with Gasteiger partial charge in [-0.2, -0.15) is 0 Å². The predicted octanol–water partition coefficient (Wildman–Crippen LogP) is 5.41. The molecule has 8 aliphatic rings. The molecule has 8 atom stereocenters. The molecular weight excluding hydrogens is 1250 g/mol. The Morgan fingerprint density at radius 2 is 1.28 bits per heavy atom. The first kappa shape index (κ1) is 71.6. The summed E-state index contributed by atoms with van der Waals surface area (Å²) in [5.74, 6) is -3.32. The fourth-order valence-electron chi connectivity index (χ4n) is 16.9. The zero-order valence-corrected chi connectivity index (χ0v) is 56.4. The molecule has 3 aromatic rings. The molecule has 1 aromatic heterocycles. The molecule has 2 aromatic carbocycles. The fraction of sp³-hybridized carbons (Fsp3) is 0.704. The molecule has 26 heteroatoms. The Morgan fingerprint density at radius 1 is 0.680 bits per heavy atom. The number of alkyl halides is 2. The molecule has 4 bridgehead atoms. The first-order valence-electron chi connectivity index (χ1n) is 35.9. The molecule has 1 spiro atoms. The second kappa shape index (κ2) is 32.5. The van der Waals surface area contributed by atoms with E-state index in [-0.39, 0.29) is 93.0 Å². The topological polar surface area (TPSA) is 306 Å². The minimum absolute atomic E-state index is 0.0157. The van der Waals surface area contributed by atoms with Crippen LogP contribution < -0.4 is 36.6 Å². The van der Waals surface area contributed by atoms with E-state index in [4.69, 9.17) is 18.9 Å². The number of amides is 7. The molecule has 6 fully saturated rings. The minimum Gasteiger partial charge on any atom is -0.504 e. The summed E-state index contributed by atoms with van der Waals surface area (Å²) in [7, 11) is 0. The van der Waals surface area contributed by atoms with Crippen LogP contribution in [0.1, 0.15) is 195 Å². The molecule has 3 saturated carbocycles. The van der Waals surface area contributed by atoms with E-state index in [1.165, 1.54) is 12.8 Å². The van der Waals surface area contributed by atoms with E-state index in [0.29, 0.717) is 81.9 Å². The van der Waals surface area contributed by atoms with Gasteiger partial charge in [-0.25, -0.2) is 8.78 Å². The first-order chi connectivity index (χ1) is 46.8. The van der Waals surface area contributed by atoms with Crippen molar-refractivity contribution in [1.29, 1.82) is 0 Å². The maximum atomic E-state index is 13.9. The van der Waals surface area contributed by atoms with E-state index in [2.05, 4.69) is 70.3 Å². The zero-order chi connectivity index (χ0) is 68.3. The van der Waals surface area contributed by atoms with Crippen LogP contribution in [0.25, 0.3) is 0 Å². The third-order valence-electron chi connectivity index (χ3n) is 21.8. The van der Waals surface area contributed by atoms with Crippen molar-refractivity contribution in [3.8, 4) is 11.5 Å². The van der Waals surface area contributed by atoms with E-state index in [1.807, 2.05) is 36.4 Å². The Balaban J connectivity index is 0.483. The van der Waals surface area contributed by atoms with Gasteiger partial charge in [0.1, 0.15) is 57.4 Å². The quantitative estimate of drug-likeness (QED) is 0.0338. The summed E-state index contributed by atoms with van der Waals surface area (Å²) < 4.78 is 52.6. The monoisotopic (exact) mass is 1350 g/mol. The number of fused-ring (bicyclic) bond motifs is 2. The van der Waals surface area contributed by atoms with E-state index in [0.717, 1.165) is 119 Å². The number of carbonyl (C=O) groups excluding carboxylic acids is 7. The number of rotatable bonds is 36. The lowest BCUT2D eigenvalue weighted by atomic mass is 9.48. The molecule has 532 valence electrons. The second-order valence-corrected chi connectivity index (χ2v) is 28.9. The van der Waals surface area contributed by atoms with Crippen LogP contribution in [0, 0.1) is 11.8 Å². The maximum Gasteiger partial charge on any atom is 0.252 e. The molecule has 11 rings (SSSR count). The maximum absolute atomic E-state index is 13.9. The smallest absolute Gasteiger partial charge is 0.252 e. The third-order valence-corrected chi connectivity index (χ3v) is 21.8. The molecular formula is C71H101F2N11O13. The normalized spacial score (nSPS) is 25.8. The minimum atomic E-state index is -2.69. The molecule has 3 saturated heterocycles. The summed E-state index contributed by atoms with van der Waals surface area (Å²) >= 11 is 0. The molecule has 0 radical (unpaired) electrons. The number of aliphatic hydroxyl groups is 1. The largest absolute Gasteiger partial charge is 0.504 e. The number of nitrogens with zero attached hydrogens (tertiary/aromatic N) is 5. The lowest BCUT2D eigenvalue weighted by molar-refractivity contribution is -0.192. The number of ether oxygens (including phenoxy) is 4. The molecule has 5 heterocycles. The number of phenolic OH excluding ortho intramolecular Hbond substituents is 1. The Morgan fingerprint density at radius 3 is 1.90 bits per heavy atom. The van der Waals surface area contributed by atoms with Crippen LogP contribution >= 0.6 is 0 Å². The van der Waals surface area contributed by atoms with E-state index in [1.54, 1.807) is 6.07 Å². The number of phenols is 1. The molecule has 4 aliphatic heterocycles. The van der Waals surface area contributed by atoms with Gasteiger partial charge in [0, 0.05) is 93.6 Å². The van der Waals surface area contributed by atoms with Gasteiger partial charge in [0.05, 0.1) is 23.1 Å². The number of unbranched alkanes of at least 4 members (excludes halogenated alkanes) is 6. The van der Waals surface area contributed by atoms with Gasteiger partial charge in [-0.05, 0) is 126 Å². The highest BCUT2D eigenvalue weighted by atomic mass is 19.3. The Labute approximate surface area is 566 Å². The van der Waals surface area contributed by atoms with Crippen molar-refractivity contribution < 1.29 is 71.5 Å². The SMILES string of the molecule is CC(C)c1nnc(CCNC(=O)COCC(=O)NCCCCCCCCCNC(=O)COCC(=O)NC(=O)COCC(=O)NC2CC[C@@]3(O)[C@H]4Cc5ccc(O)c6c5[C@@]3(CCN4CC3CC3)[C@H]2O6)n1C1CC2CCC(C1)N2CC[C@H](NC(=O)C1CCC(F)(F)CC1)c1ccccc1. The van der Waals surface area contributed by atoms with Crippen LogP contribution in [0.5, 0.6) is 11.5 Å². The van der Waals surface area contributed by atoms with Gasteiger partial charge in [0.15, 0.2) is 11.5 Å². The van der Waals surface area contributed by atoms with Crippen LogP contribution in [0.15, 0.2) is 42.5 Å². The van der Waals surface area contributed by atoms with Crippen molar-refractivity contribution in [1.82, 2.24) is 56.5 Å². The molecule has 4 aliphatic carbocycles. The van der Waals surface area contributed by atoms with Gasteiger partial charge in [0.25, 0.3) is 11.8 Å². The number of aromatic nitrogens is 3. The van der Waals surface area contributed by atoms with E-state index in [9.17, 15) is 52.6 Å². The standard InChI is InChI=1S/C71H101F2N11O13/c1-45(2)67-81-80-57(84(67)52-36-50-18-19-51(37-52)83(50)33-25-53(47-13-9-8-10-14-47)78-68(92)48-21-26-69(72,73)27-22-48)24-32-76-60(88)41-94-39-58(86)74-30-11-6-4-3-5-7-12-31-75-59(87)40-95-43-62(90)79-63(91)44-96-42-61(89)77-54-23-28-71(93)56-35-49-17-20-55(85)65-64(49)70(71,66(54)97-65)29-34-82(56)38-46-15-16-46/h8-10,13-14,17,20,45-46,48,50-54,56,66,85,93H,3-7,11-12,15-16,18-19,21-44H2,1-2H3,(H,74,86)(H,75,87)(H,76,88)(H,77,89)(H,78,92)(H,79,90,91)/t50?,51?,52?,53-,54?,56+,66-,70-,71+/m0/s1. The van der Waals surface area contributed by atoms with Crippen molar-refractivity contribution in [2.24, 2.45) is 11.8 Å². The van der Waals surface area contributed by atoms with Gasteiger partial charge < -0.3 is 60.3 Å². The Bertz CT molecular complexity index is 3220. The van der Waals surface area contributed by atoms with Crippen LogP contribution in [0.3, 0.4) is 0 Å². The number of nitrogens with one attached hydrogen (secondary N) is 6. The van der Waals surface area contributed by atoms with Crippen LogP contribution in [-0.2, 0) is 66.0 Å². The number of aromatic hydroxyl groups is 1. The van der Waals surface area contributed by atoms with Gasteiger partial charge in [-0.15, -0.1) is 10.2 Å². The van der Waals surface area contributed by atoms with Crippen LogP contribution in [0.4, 0.5) is 8.78 Å². The zero-order valence-electron chi connectivity index (χ0n) is 56.4. The summed E-state index contributed by atoms with van der Waals surface area (Å²) in [4.78, 5) is 94.1. The lowest BCUT2D eigenvalue weighted by Gasteiger charge is -2.64. The van der Waals surface area contributed by atoms with Crippen molar-refractivity contribution in [2.75, 3.05) is 78.9 Å². The van der Waals surface area contributed by atoms with Crippen molar-refractivity contribution in [3.63, 3.8) is 0 Å². The van der Waals surface area contributed by atoms with Gasteiger partial charge in [0.2, 0.25) is 35.5 Å². The number of hydrogen-bond acceptors (Lipinski definition) is 17. The molecule has 7 amide bonds. The Kier molecular flexibility index (Phi) is 24.0. The fourth-order valence-corrected chi connectivity index (χ4v) is 16.9. The summed E-state index contributed by atoms with van der Waals surface area (Å²) in [6.45, 7) is 5.64. The average molecular weight is 1350 g/mol. The number of piperidine rings is 2. The number of hydrogen-bond donors (Lipinski definition) is 8. The summed E-state index contributed by atoms with van der Waals surface area (Å²) in [6.07, 6.45) is 15.5. The van der Waals surface area contributed by atoms with Gasteiger partial charge in [-0.3, -0.25) is 48.7 Å². The van der Waals surface area contributed by atoms with Crippen LogP contribution in [0.2, 0.25) is 0 Å². The number of carbonyl (C=O) groups is 7. The first-order valence-corrected chi connectivity index (χ1v) is 35.9. The van der Waals surface area contributed by atoms with Crippen molar-refractivity contribution in [2.45, 2.75) is 227 Å². The Hall–Kier alpha value is -6.71. The summed E-state index contributed by atoms with van der Waals surface area (Å²) in [6, 6.07) is 13.6. The number of imide groups is 1. The van der Waals surface area contributed by atoms with Gasteiger partial charge in [-0.1, -0.05) is 82.3 Å². The molecule has 97 heavy (non-hydrogen) atoms. The van der Waals surface area contributed by atoms with Gasteiger partial charge >= 0.3 is 0 Å².